The summed E-state index contributed by atoms with van der Waals surface area (Å²) in [6.45, 7) is 7.44. The van der Waals surface area contributed by atoms with Crippen molar-refractivity contribution in [3.63, 3.8) is 0 Å². The first-order valence-corrected chi connectivity index (χ1v) is 13.0. The third kappa shape index (κ3) is 5.10. The van der Waals surface area contributed by atoms with E-state index in [1.165, 1.54) is 0 Å². The fourth-order valence-electron chi connectivity index (χ4n) is 4.58. The average molecular weight is 489 g/mol. The minimum atomic E-state index is -3.61. The maximum absolute atomic E-state index is 13.3. The molecule has 1 fully saturated rings. The lowest BCUT2D eigenvalue weighted by Gasteiger charge is -2.34. The minimum Gasteiger partial charge on any atom is -0.451 e. The number of carbonyl (C=O) groups excluding carboxylic acids is 1. The van der Waals surface area contributed by atoms with Gasteiger partial charge in [0.25, 0.3) is 5.91 Å². The molecular formula is C25H29ClN2O4S. The molecule has 8 heteroatoms. The van der Waals surface area contributed by atoms with Crippen LogP contribution in [0.25, 0.3) is 11.0 Å². The van der Waals surface area contributed by atoms with Crippen molar-refractivity contribution in [2.75, 3.05) is 19.6 Å². The molecule has 0 unspecified atom stereocenters. The fraction of sp³-hybridized carbons (Fsp3) is 0.400. The Hall–Kier alpha value is -2.35. The molecule has 1 N–H and O–H groups in total. The van der Waals surface area contributed by atoms with Gasteiger partial charge in [0.05, 0.1) is 4.90 Å². The molecule has 176 valence electrons. The lowest BCUT2D eigenvalue weighted by molar-refractivity contribution is 0.0927. The number of aryl methyl sites for hydroxylation is 1. The van der Waals surface area contributed by atoms with Gasteiger partial charge in [-0.3, -0.25) is 4.79 Å². The van der Waals surface area contributed by atoms with Gasteiger partial charge in [-0.2, -0.15) is 4.31 Å². The van der Waals surface area contributed by atoms with Gasteiger partial charge in [0.2, 0.25) is 10.0 Å². The summed E-state index contributed by atoms with van der Waals surface area (Å²) in [5.41, 5.74) is 2.19. The standard InChI is InChI=1S/C25H29ClN2O4S/c1-16-12-17(2)15-28(14-16)33(30,31)21-8-9-23-22(13-21)18(3)24(32-23)25(29)27-11-10-19-4-6-20(26)7-5-19/h4-9,13,16-17H,10-12,14-15H2,1-3H3,(H,27,29)/t16-,17+. The number of carbonyl (C=O) groups is 1. The van der Waals surface area contributed by atoms with Crippen LogP contribution in [0.1, 0.15) is 41.9 Å². The molecule has 1 amide bonds. The molecule has 0 bridgehead atoms. The van der Waals surface area contributed by atoms with Crippen molar-refractivity contribution in [2.24, 2.45) is 11.8 Å². The SMILES string of the molecule is Cc1c(C(=O)NCCc2ccc(Cl)cc2)oc2ccc(S(=O)(=O)N3C[C@H](C)C[C@H](C)C3)cc12. The van der Waals surface area contributed by atoms with Crippen LogP contribution in [-0.4, -0.2) is 38.3 Å². The number of amides is 1. The second kappa shape index (κ2) is 9.49. The fourth-order valence-corrected chi connectivity index (χ4v) is 6.41. The Balaban J connectivity index is 1.51. The molecule has 0 radical (unpaired) electrons. The summed E-state index contributed by atoms with van der Waals surface area (Å²) in [6.07, 6.45) is 1.69. The smallest absolute Gasteiger partial charge is 0.287 e. The number of fused-ring (bicyclic) bond motifs is 1. The molecular weight excluding hydrogens is 460 g/mol. The highest BCUT2D eigenvalue weighted by Crippen LogP contribution is 2.31. The number of nitrogens with zero attached hydrogens (tertiary/aromatic N) is 1. The second-order valence-electron chi connectivity index (χ2n) is 9.11. The van der Waals surface area contributed by atoms with E-state index in [0.29, 0.717) is 59.4 Å². The van der Waals surface area contributed by atoms with Gasteiger partial charge in [-0.15, -0.1) is 0 Å². The molecule has 2 heterocycles. The highest BCUT2D eigenvalue weighted by atomic mass is 35.5. The molecule has 0 saturated carbocycles. The summed E-state index contributed by atoms with van der Waals surface area (Å²) in [7, 11) is -3.61. The summed E-state index contributed by atoms with van der Waals surface area (Å²) in [4.78, 5) is 13.0. The molecule has 0 aliphatic carbocycles. The average Bonchev–Trinajstić information content (AvgIpc) is 3.10. The summed E-state index contributed by atoms with van der Waals surface area (Å²) < 4.78 is 33.9. The molecule has 1 aliphatic heterocycles. The van der Waals surface area contributed by atoms with Crippen molar-refractivity contribution >= 4 is 38.5 Å². The zero-order valence-corrected chi connectivity index (χ0v) is 20.7. The second-order valence-corrected chi connectivity index (χ2v) is 11.5. The first kappa shape index (κ1) is 23.8. The summed E-state index contributed by atoms with van der Waals surface area (Å²) in [5.74, 6) is 0.536. The Morgan fingerprint density at radius 3 is 2.45 bits per heavy atom. The highest BCUT2D eigenvalue weighted by molar-refractivity contribution is 7.89. The van der Waals surface area contributed by atoms with Crippen LogP contribution >= 0.6 is 11.6 Å². The van der Waals surface area contributed by atoms with Crippen molar-refractivity contribution < 1.29 is 17.6 Å². The number of nitrogens with one attached hydrogen (secondary N) is 1. The molecule has 1 saturated heterocycles. The van der Waals surface area contributed by atoms with E-state index in [-0.39, 0.29) is 16.6 Å². The van der Waals surface area contributed by atoms with Gasteiger partial charge < -0.3 is 9.73 Å². The van der Waals surface area contributed by atoms with Gasteiger partial charge in [0, 0.05) is 35.6 Å². The first-order chi connectivity index (χ1) is 15.6. The van der Waals surface area contributed by atoms with Gasteiger partial charge in [-0.05, 0) is 67.5 Å². The summed E-state index contributed by atoms with van der Waals surface area (Å²) in [6, 6.07) is 12.3. The molecule has 2 atom stereocenters. The molecule has 3 aromatic rings. The molecule has 33 heavy (non-hydrogen) atoms. The van der Waals surface area contributed by atoms with Crippen LogP contribution in [0.5, 0.6) is 0 Å². The number of piperidine rings is 1. The number of furan rings is 1. The number of sulfonamides is 1. The Bertz CT molecular complexity index is 1260. The number of benzene rings is 2. The Labute approximate surface area is 200 Å². The molecule has 4 rings (SSSR count). The molecule has 2 aromatic carbocycles. The Morgan fingerprint density at radius 1 is 1.12 bits per heavy atom. The van der Waals surface area contributed by atoms with E-state index in [0.717, 1.165) is 12.0 Å². The number of rotatable bonds is 6. The number of hydrogen-bond donors (Lipinski definition) is 1. The van der Waals surface area contributed by atoms with E-state index in [1.807, 2.05) is 24.3 Å². The third-order valence-electron chi connectivity index (χ3n) is 6.20. The van der Waals surface area contributed by atoms with Crippen LogP contribution < -0.4 is 5.32 Å². The van der Waals surface area contributed by atoms with E-state index < -0.39 is 10.0 Å². The molecule has 1 aliphatic rings. The summed E-state index contributed by atoms with van der Waals surface area (Å²) >= 11 is 5.91. The molecule has 6 nitrogen and oxygen atoms in total. The topological polar surface area (TPSA) is 79.6 Å². The van der Waals surface area contributed by atoms with E-state index in [1.54, 1.807) is 29.4 Å². The van der Waals surface area contributed by atoms with E-state index >= 15 is 0 Å². The first-order valence-electron chi connectivity index (χ1n) is 11.2. The monoisotopic (exact) mass is 488 g/mol. The zero-order valence-electron chi connectivity index (χ0n) is 19.1. The van der Waals surface area contributed by atoms with Crippen LogP contribution in [0.2, 0.25) is 5.02 Å². The molecule has 1 aromatic heterocycles. The van der Waals surface area contributed by atoms with E-state index in [9.17, 15) is 13.2 Å². The maximum Gasteiger partial charge on any atom is 0.287 e. The third-order valence-corrected chi connectivity index (χ3v) is 8.28. The number of hydrogen-bond acceptors (Lipinski definition) is 4. The van der Waals surface area contributed by atoms with E-state index in [2.05, 4.69) is 19.2 Å². The van der Waals surface area contributed by atoms with Gasteiger partial charge in [0.15, 0.2) is 5.76 Å². The Morgan fingerprint density at radius 2 is 1.79 bits per heavy atom. The largest absolute Gasteiger partial charge is 0.451 e. The quantitative estimate of drug-likeness (QED) is 0.527. The van der Waals surface area contributed by atoms with Gasteiger partial charge in [-0.25, -0.2) is 8.42 Å². The van der Waals surface area contributed by atoms with Crippen LogP contribution in [0.15, 0.2) is 51.8 Å². The van der Waals surface area contributed by atoms with Crippen LogP contribution in [0.4, 0.5) is 0 Å². The van der Waals surface area contributed by atoms with Crippen molar-refractivity contribution in [3.05, 3.63) is 64.4 Å². The molecule has 0 spiro atoms. The van der Waals surface area contributed by atoms with Crippen LogP contribution in [-0.2, 0) is 16.4 Å². The van der Waals surface area contributed by atoms with Crippen molar-refractivity contribution in [3.8, 4) is 0 Å². The van der Waals surface area contributed by atoms with Crippen molar-refractivity contribution in [2.45, 2.75) is 38.5 Å². The lowest BCUT2D eigenvalue weighted by atomic mass is 9.94. The van der Waals surface area contributed by atoms with Crippen molar-refractivity contribution in [1.29, 1.82) is 0 Å². The minimum absolute atomic E-state index is 0.205. The lowest BCUT2D eigenvalue weighted by Crippen LogP contribution is -2.42. The zero-order chi connectivity index (χ0) is 23.8. The summed E-state index contributed by atoms with van der Waals surface area (Å²) in [5, 5.41) is 4.19. The Kier molecular flexibility index (Phi) is 6.84. The maximum atomic E-state index is 13.3. The van der Waals surface area contributed by atoms with Crippen LogP contribution in [0.3, 0.4) is 0 Å². The van der Waals surface area contributed by atoms with Crippen LogP contribution in [0, 0.1) is 18.8 Å². The highest BCUT2D eigenvalue weighted by Gasteiger charge is 2.32. The predicted molar refractivity (Wildman–Crippen MR) is 130 cm³/mol. The normalized spacial score (nSPS) is 19.6. The van der Waals surface area contributed by atoms with Gasteiger partial charge in [0.1, 0.15) is 5.58 Å². The predicted octanol–water partition coefficient (Wildman–Crippen LogP) is 5.03. The van der Waals surface area contributed by atoms with Gasteiger partial charge >= 0.3 is 0 Å². The number of halogens is 1. The van der Waals surface area contributed by atoms with Crippen molar-refractivity contribution in [1.82, 2.24) is 9.62 Å². The van der Waals surface area contributed by atoms with E-state index in [4.69, 9.17) is 16.0 Å². The van der Waals surface area contributed by atoms with Gasteiger partial charge in [-0.1, -0.05) is 37.6 Å².